The van der Waals surface area contributed by atoms with Crippen molar-refractivity contribution in [1.82, 2.24) is 15.3 Å². The second-order valence-electron chi connectivity index (χ2n) is 10.5. The normalized spacial score (nSPS) is 27.5. The summed E-state index contributed by atoms with van der Waals surface area (Å²) in [7, 11) is -4.40. The van der Waals surface area contributed by atoms with Gasteiger partial charge in [-0.05, 0) is 63.1 Å². The number of benzene rings is 2. The molecule has 0 radical (unpaired) electrons. The molecule has 4 N–H and O–H groups in total. The summed E-state index contributed by atoms with van der Waals surface area (Å²) in [6.45, 7) is 5.13. The number of hydrogen-bond donors (Lipinski definition) is 4. The first kappa shape index (κ1) is 32.9. The van der Waals surface area contributed by atoms with E-state index < -0.39 is 68.8 Å². The lowest BCUT2D eigenvalue weighted by atomic mass is 9.98. The number of esters is 1. The number of hydrogen-bond acceptors (Lipinski definition) is 10. The molecular weight excluding hydrogens is 608 g/mol. The number of alkyl halides is 1. The first-order chi connectivity index (χ1) is 20.2. The summed E-state index contributed by atoms with van der Waals surface area (Å²) >= 11 is 5.97. The van der Waals surface area contributed by atoms with E-state index >= 15 is 4.39 Å². The predicted molar refractivity (Wildman–Crippen MR) is 154 cm³/mol. The molecule has 1 amide bonds. The zero-order valence-electron chi connectivity index (χ0n) is 23.8. The summed E-state index contributed by atoms with van der Waals surface area (Å²) < 4.78 is 51.8. The van der Waals surface area contributed by atoms with Crippen LogP contribution in [0.1, 0.15) is 27.7 Å². The Labute approximate surface area is 253 Å². The van der Waals surface area contributed by atoms with Crippen LogP contribution in [0.2, 0.25) is 5.02 Å². The summed E-state index contributed by atoms with van der Waals surface area (Å²) in [5, 5.41) is 26.2. The third-order valence-corrected chi connectivity index (χ3v) is 8.56. The van der Waals surface area contributed by atoms with Crippen molar-refractivity contribution in [3.8, 4) is 16.9 Å². The molecule has 234 valence electrons. The van der Waals surface area contributed by atoms with Gasteiger partial charge in [0.05, 0.1) is 12.7 Å². The topological polar surface area (TPSA) is 156 Å². The molecule has 2 aliphatic heterocycles. The number of carbonyl (C=O) groups is 2. The van der Waals surface area contributed by atoms with Crippen molar-refractivity contribution >= 4 is 31.2 Å². The van der Waals surface area contributed by atoms with Crippen LogP contribution in [0, 0.1) is 0 Å². The maximum Gasteiger partial charge on any atom is 0.459 e. The molecular formula is C28H34ClFN3O9P. The Morgan fingerprint density at radius 1 is 1.16 bits per heavy atom. The largest absolute Gasteiger partial charge is 0.462 e. The number of rotatable bonds is 11. The fourth-order valence-corrected chi connectivity index (χ4v) is 6.07. The van der Waals surface area contributed by atoms with Gasteiger partial charge in [-0.25, -0.2) is 8.96 Å². The van der Waals surface area contributed by atoms with Gasteiger partial charge in [0.2, 0.25) is 12.3 Å². The fourth-order valence-electron chi connectivity index (χ4n) is 4.44. The Bertz CT molecular complexity index is 1380. The highest BCUT2D eigenvalue weighted by Gasteiger charge is 2.57. The number of aliphatic hydroxyl groups excluding tert-OH is 2. The molecule has 43 heavy (non-hydrogen) atoms. The van der Waals surface area contributed by atoms with Crippen LogP contribution in [0.4, 0.5) is 4.39 Å². The van der Waals surface area contributed by atoms with E-state index in [1.807, 2.05) is 12.1 Å². The molecule has 4 rings (SSSR count). The number of nitrogens with one attached hydrogen (secondary N) is 2. The van der Waals surface area contributed by atoms with Crippen LogP contribution < -0.4 is 14.9 Å². The number of halogens is 2. The molecule has 0 spiro atoms. The van der Waals surface area contributed by atoms with Gasteiger partial charge in [0.25, 0.3) is 0 Å². The van der Waals surface area contributed by atoms with Crippen molar-refractivity contribution in [1.29, 1.82) is 0 Å². The van der Waals surface area contributed by atoms with E-state index in [-0.39, 0.29) is 5.75 Å². The minimum Gasteiger partial charge on any atom is -0.462 e. The predicted octanol–water partition coefficient (Wildman–Crippen LogP) is 3.48. The molecule has 12 nitrogen and oxygen atoms in total. The Hall–Kier alpha value is -3.03. The van der Waals surface area contributed by atoms with Gasteiger partial charge in [-0.1, -0.05) is 35.9 Å². The molecule has 2 aromatic rings. The number of aliphatic hydroxyl groups is 2. The second-order valence-corrected chi connectivity index (χ2v) is 12.7. The highest BCUT2D eigenvalue weighted by molar-refractivity contribution is 7.52. The molecule has 2 unspecified atom stereocenters. The summed E-state index contributed by atoms with van der Waals surface area (Å²) in [5.74, 6) is -1.20. The van der Waals surface area contributed by atoms with Crippen LogP contribution in [0.5, 0.6) is 5.75 Å². The van der Waals surface area contributed by atoms with Crippen molar-refractivity contribution < 1.29 is 47.3 Å². The molecule has 0 bridgehead atoms. The van der Waals surface area contributed by atoms with Crippen LogP contribution in [0.15, 0.2) is 60.8 Å². The molecule has 2 heterocycles. The lowest BCUT2D eigenvalue weighted by Crippen LogP contribution is -2.58. The van der Waals surface area contributed by atoms with Crippen molar-refractivity contribution in [2.24, 2.45) is 0 Å². The van der Waals surface area contributed by atoms with Gasteiger partial charge >= 0.3 is 13.7 Å². The fraction of sp³-hybridized carbons (Fsp3) is 0.429. The maximum atomic E-state index is 15.7. The minimum atomic E-state index is -4.40. The van der Waals surface area contributed by atoms with Crippen LogP contribution in [-0.4, -0.2) is 76.2 Å². The lowest BCUT2D eigenvalue weighted by Gasteiger charge is -2.37. The molecule has 0 aromatic heterocycles. The number of ether oxygens (including phenoxy) is 2. The van der Waals surface area contributed by atoms with E-state index in [4.69, 9.17) is 30.1 Å². The van der Waals surface area contributed by atoms with Gasteiger partial charge in [0.15, 0.2) is 11.9 Å². The van der Waals surface area contributed by atoms with E-state index in [1.54, 1.807) is 50.2 Å². The van der Waals surface area contributed by atoms with E-state index in [1.165, 1.54) is 6.92 Å². The van der Waals surface area contributed by atoms with Crippen molar-refractivity contribution in [2.45, 2.75) is 70.3 Å². The first-order valence-corrected chi connectivity index (χ1v) is 15.4. The molecule has 2 aliphatic rings. The van der Waals surface area contributed by atoms with Crippen molar-refractivity contribution in [3.63, 3.8) is 0 Å². The van der Waals surface area contributed by atoms with Gasteiger partial charge in [-0.15, -0.1) is 0 Å². The van der Waals surface area contributed by atoms with Gasteiger partial charge in [0, 0.05) is 17.3 Å². The van der Waals surface area contributed by atoms with Crippen LogP contribution in [-0.2, 0) is 28.2 Å². The van der Waals surface area contributed by atoms with E-state index in [9.17, 15) is 24.4 Å². The van der Waals surface area contributed by atoms with Gasteiger partial charge < -0.3 is 34.4 Å². The Balaban J connectivity index is 1.52. The van der Waals surface area contributed by atoms with Crippen molar-refractivity contribution in [3.05, 3.63) is 65.8 Å². The number of amides is 1. The third kappa shape index (κ3) is 7.93. The Morgan fingerprint density at radius 2 is 1.77 bits per heavy atom. The van der Waals surface area contributed by atoms with Crippen LogP contribution >= 0.6 is 19.3 Å². The molecule has 2 aromatic carbocycles. The third-order valence-electron chi connectivity index (χ3n) is 6.66. The van der Waals surface area contributed by atoms with Gasteiger partial charge in [-0.3, -0.25) is 14.1 Å². The zero-order chi connectivity index (χ0) is 31.5. The standard InChI is InChI=1S/C28H34ClFN3O9P/c1-16(2)40-25(36)17(3)32-43(38,42-21-11-7-19(8-12-21)18-5-9-20(29)10-6-18)39-15-22-24(35)28(4,30)26(41-22)33-14-13-23(34)31-27(33)37/h5-14,16-17,22,24,26-27,35,37H,15H2,1-4H3,(H,31,34)(H,32,38)/t17-,22+,24+,26+,27?,28+,43?/m0/s1. The highest BCUT2D eigenvalue weighted by Crippen LogP contribution is 2.47. The molecule has 1 saturated heterocycles. The summed E-state index contributed by atoms with van der Waals surface area (Å²) in [4.78, 5) is 25.0. The number of nitrogens with zero attached hydrogens (tertiary/aromatic N) is 1. The monoisotopic (exact) mass is 641 g/mol. The Kier molecular flexibility index (Phi) is 10.2. The van der Waals surface area contributed by atoms with Gasteiger partial charge in [-0.2, -0.15) is 5.09 Å². The maximum absolute atomic E-state index is 15.7. The van der Waals surface area contributed by atoms with Crippen LogP contribution in [0.3, 0.4) is 0 Å². The number of carbonyl (C=O) groups excluding carboxylic acids is 2. The van der Waals surface area contributed by atoms with E-state index in [0.717, 1.165) is 35.2 Å². The summed E-state index contributed by atoms with van der Waals surface area (Å²) in [5.41, 5.74) is -0.753. The second kappa shape index (κ2) is 13.3. The smallest absolute Gasteiger partial charge is 0.459 e. The molecule has 15 heteroatoms. The lowest BCUT2D eigenvalue weighted by molar-refractivity contribution is -0.158. The van der Waals surface area contributed by atoms with E-state index in [2.05, 4.69) is 10.4 Å². The molecule has 1 fully saturated rings. The highest BCUT2D eigenvalue weighted by atomic mass is 35.5. The average molecular weight is 642 g/mol. The quantitative estimate of drug-likeness (QED) is 0.210. The van der Waals surface area contributed by atoms with Crippen molar-refractivity contribution in [2.75, 3.05) is 6.61 Å². The SMILES string of the molecule is CC(C)OC(=O)[C@H](C)NP(=O)(OC[C@H]1O[C@@H](N2C=CC(=O)NC2O)[C@](C)(F)[C@@H]1O)Oc1ccc(-c2ccc(Cl)cc2)cc1. The minimum absolute atomic E-state index is 0.122. The summed E-state index contributed by atoms with van der Waals surface area (Å²) in [6.07, 6.45) is -4.60. The molecule has 0 aliphatic carbocycles. The molecule has 0 saturated carbocycles. The first-order valence-electron chi connectivity index (χ1n) is 13.4. The van der Waals surface area contributed by atoms with Crippen LogP contribution in [0.25, 0.3) is 11.1 Å². The zero-order valence-corrected chi connectivity index (χ0v) is 25.5. The molecule has 7 atom stereocenters. The Morgan fingerprint density at radius 3 is 2.35 bits per heavy atom. The average Bonchev–Trinajstić information content (AvgIpc) is 3.16. The van der Waals surface area contributed by atoms with Gasteiger partial charge in [0.1, 0.15) is 24.0 Å². The summed E-state index contributed by atoms with van der Waals surface area (Å²) in [6, 6.07) is 12.6. The van der Waals surface area contributed by atoms with E-state index in [0.29, 0.717) is 5.02 Å².